The van der Waals surface area contributed by atoms with Gasteiger partial charge < -0.3 is 5.32 Å². The molecule has 112 valence electrons. The summed E-state index contributed by atoms with van der Waals surface area (Å²) in [6.07, 6.45) is 2.86. The zero-order valence-corrected chi connectivity index (χ0v) is 13.0. The number of hydrogen-bond acceptors (Lipinski definition) is 4. The van der Waals surface area contributed by atoms with Crippen LogP contribution >= 0.6 is 0 Å². The molecule has 5 nitrogen and oxygen atoms in total. The van der Waals surface area contributed by atoms with Crippen LogP contribution in [0.1, 0.15) is 29.8 Å². The van der Waals surface area contributed by atoms with E-state index in [4.69, 9.17) is 0 Å². The third kappa shape index (κ3) is 2.61. The number of sulfone groups is 1. The van der Waals surface area contributed by atoms with E-state index < -0.39 is 9.84 Å². The maximum atomic E-state index is 12.1. The monoisotopic (exact) mass is 305 g/mol. The van der Waals surface area contributed by atoms with Crippen molar-refractivity contribution in [3.8, 4) is 0 Å². The van der Waals surface area contributed by atoms with Crippen molar-refractivity contribution in [2.24, 2.45) is 7.05 Å². The third-order valence-corrected chi connectivity index (χ3v) is 5.70. The number of aromatic nitrogens is 2. The lowest BCUT2D eigenvalue weighted by molar-refractivity contribution is 0.565. The van der Waals surface area contributed by atoms with Crippen molar-refractivity contribution in [2.75, 3.05) is 5.75 Å². The Morgan fingerprint density at radius 1 is 1.38 bits per heavy atom. The van der Waals surface area contributed by atoms with Gasteiger partial charge in [0.05, 0.1) is 16.3 Å². The lowest BCUT2D eigenvalue weighted by Crippen LogP contribution is -2.22. The fraction of sp³-hybridized carbons (Fsp3) is 0.400. The molecule has 0 aliphatic carbocycles. The largest absolute Gasteiger partial charge is 0.305 e. The van der Waals surface area contributed by atoms with E-state index in [2.05, 4.69) is 17.3 Å². The van der Waals surface area contributed by atoms with Crippen molar-refractivity contribution in [3.05, 3.63) is 47.3 Å². The molecule has 3 rings (SSSR count). The van der Waals surface area contributed by atoms with E-state index in [1.54, 1.807) is 16.8 Å². The first-order chi connectivity index (χ1) is 10.0. The normalized spacial score (nSPS) is 19.6. The lowest BCUT2D eigenvalue weighted by Gasteiger charge is -2.12. The SMILES string of the molecule is CCc1nn(C)cc1CNC1CS(=O)(=O)c2ccccc21. The van der Waals surface area contributed by atoms with Gasteiger partial charge in [-0.1, -0.05) is 25.1 Å². The molecule has 1 aromatic carbocycles. The Morgan fingerprint density at radius 2 is 2.14 bits per heavy atom. The average Bonchev–Trinajstić information content (AvgIpc) is 2.95. The van der Waals surface area contributed by atoms with E-state index in [1.807, 2.05) is 25.4 Å². The van der Waals surface area contributed by atoms with Gasteiger partial charge in [-0.2, -0.15) is 5.10 Å². The third-order valence-electron chi connectivity index (χ3n) is 3.88. The van der Waals surface area contributed by atoms with Gasteiger partial charge in [-0.25, -0.2) is 8.42 Å². The van der Waals surface area contributed by atoms with Crippen molar-refractivity contribution >= 4 is 9.84 Å². The lowest BCUT2D eigenvalue weighted by atomic mass is 10.1. The molecule has 0 fully saturated rings. The molecule has 21 heavy (non-hydrogen) atoms. The second kappa shape index (κ2) is 5.27. The van der Waals surface area contributed by atoms with Crippen LogP contribution in [-0.2, 0) is 29.9 Å². The summed E-state index contributed by atoms with van der Waals surface area (Å²) in [7, 11) is -1.25. The molecular formula is C15H19N3O2S. The topological polar surface area (TPSA) is 64.0 Å². The van der Waals surface area contributed by atoms with Gasteiger partial charge in [0.1, 0.15) is 0 Å². The van der Waals surface area contributed by atoms with E-state index in [0.29, 0.717) is 11.4 Å². The highest BCUT2D eigenvalue weighted by Gasteiger charge is 2.33. The van der Waals surface area contributed by atoms with Crippen LogP contribution in [0.2, 0.25) is 0 Å². The number of hydrogen-bond donors (Lipinski definition) is 1. The minimum absolute atomic E-state index is 0.133. The molecular weight excluding hydrogens is 286 g/mol. The quantitative estimate of drug-likeness (QED) is 0.932. The highest BCUT2D eigenvalue weighted by Crippen LogP contribution is 2.33. The highest BCUT2D eigenvalue weighted by molar-refractivity contribution is 7.91. The molecule has 6 heteroatoms. The summed E-state index contributed by atoms with van der Waals surface area (Å²) < 4.78 is 26.1. The van der Waals surface area contributed by atoms with Crippen LogP contribution in [0.3, 0.4) is 0 Å². The Balaban J connectivity index is 1.81. The van der Waals surface area contributed by atoms with Crippen LogP contribution in [0, 0.1) is 0 Å². The first-order valence-electron chi connectivity index (χ1n) is 7.07. The summed E-state index contributed by atoms with van der Waals surface area (Å²) in [6, 6.07) is 7.09. The predicted octanol–water partition coefficient (Wildman–Crippen LogP) is 1.60. The van der Waals surface area contributed by atoms with Gasteiger partial charge in [-0.15, -0.1) is 0 Å². The Kier molecular flexibility index (Phi) is 3.59. The standard InChI is InChI=1S/C15H19N3O2S/c1-3-13-11(9-18(2)17-13)8-16-14-10-21(19,20)15-7-5-4-6-12(14)15/h4-7,9,14,16H,3,8,10H2,1-2H3. The van der Waals surface area contributed by atoms with Gasteiger partial charge in [0.15, 0.2) is 9.84 Å². The van der Waals surface area contributed by atoms with E-state index in [0.717, 1.165) is 23.2 Å². The maximum Gasteiger partial charge on any atom is 0.180 e. The van der Waals surface area contributed by atoms with Crippen molar-refractivity contribution in [3.63, 3.8) is 0 Å². The van der Waals surface area contributed by atoms with Gasteiger partial charge >= 0.3 is 0 Å². The zero-order valence-electron chi connectivity index (χ0n) is 12.2. The Bertz CT molecular complexity index is 765. The Hall–Kier alpha value is -1.66. The summed E-state index contributed by atoms with van der Waals surface area (Å²) >= 11 is 0. The molecule has 2 aromatic rings. The van der Waals surface area contributed by atoms with Crippen molar-refractivity contribution in [2.45, 2.75) is 30.8 Å². The molecule has 1 aliphatic heterocycles. The first-order valence-corrected chi connectivity index (χ1v) is 8.73. The predicted molar refractivity (Wildman–Crippen MR) is 80.7 cm³/mol. The second-order valence-electron chi connectivity index (χ2n) is 5.38. The van der Waals surface area contributed by atoms with E-state index in [9.17, 15) is 8.42 Å². The van der Waals surface area contributed by atoms with Crippen molar-refractivity contribution in [1.29, 1.82) is 0 Å². The summed E-state index contributed by atoms with van der Waals surface area (Å²) in [5.41, 5.74) is 3.06. The molecule has 1 N–H and O–H groups in total. The molecule has 1 aliphatic rings. The van der Waals surface area contributed by atoms with Crippen LogP contribution in [0.4, 0.5) is 0 Å². The molecule has 0 radical (unpaired) electrons. The molecule has 0 bridgehead atoms. The van der Waals surface area contributed by atoms with E-state index in [-0.39, 0.29) is 11.8 Å². The number of rotatable bonds is 4. The van der Waals surface area contributed by atoms with Crippen LogP contribution in [0.15, 0.2) is 35.4 Å². The zero-order chi connectivity index (χ0) is 15.0. The van der Waals surface area contributed by atoms with Gasteiger partial charge in [0.2, 0.25) is 0 Å². The molecule has 1 aromatic heterocycles. The molecule has 1 atom stereocenters. The summed E-state index contributed by atoms with van der Waals surface area (Å²) in [4.78, 5) is 0.462. The van der Waals surface area contributed by atoms with Gasteiger partial charge in [-0.3, -0.25) is 4.68 Å². The summed E-state index contributed by atoms with van der Waals surface area (Å²) in [6.45, 7) is 2.70. The maximum absolute atomic E-state index is 12.1. The minimum atomic E-state index is -3.15. The molecule has 0 saturated carbocycles. The number of nitrogens with zero attached hydrogens (tertiary/aromatic N) is 2. The van der Waals surface area contributed by atoms with Crippen molar-refractivity contribution < 1.29 is 8.42 Å². The average molecular weight is 305 g/mol. The number of benzene rings is 1. The fourth-order valence-corrected chi connectivity index (χ4v) is 4.65. The fourth-order valence-electron chi connectivity index (χ4n) is 2.88. The Labute approximate surface area is 124 Å². The second-order valence-corrected chi connectivity index (χ2v) is 7.38. The van der Waals surface area contributed by atoms with Crippen LogP contribution in [-0.4, -0.2) is 24.0 Å². The molecule has 1 unspecified atom stereocenters. The van der Waals surface area contributed by atoms with Crippen LogP contribution < -0.4 is 5.32 Å². The van der Waals surface area contributed by atoms with Gasteiger partial charge in [0.25, 0.3) is 0 Å². The summed E-state index contributed by atoms with van der Waals surface area (Å²) in [5.74, 6) is 0.133. The molecule has 0 amide bonds. The van der Waals surface area contributed by atoms with Crippen LogP contribution in [0.5, 0.6) is 0 Å². The number of nitrogens with one attached hydrogen (secondary N) is 1. The number of fused-ring (bicyclic) bond motifs is 1. The molecule has 2 heterocycles. The molecule has 0 saturated heterocycles. The smallest absolute Gasteiger partial charge is 0.180 e. The van der Waals surface area contributed by atoms with Gasteiger partial charge in [0, 0.05) is 31.4 Å². The van der Waals surface area contributed by atoms with E-state index >= 15 is 0 Å². The van der Waals surface area contributed by atoms with Gasteiger partial charge in [-0.05, 0) is 18.1 Å². The van der Waals surface area contributed by atoms with E-state index in [1.165, 1.54) is 0 Å². The van der Waals surface area contributed by atoms with Crippen molar-refractivity contribution in [1.82, 2.24) is 15.1 Å². The molecule has 0 spiro atoms. The summed E-state index contributed by atoms with van der Waals surface area (Å²) in [5, 5.41) is 7.77. The van der Waals surface area contributed by atoms with Crippen LogP contribution in [0.25, 0.3) is 0 Å². The Morgan fingerprint density at radius 3 is 2.90 bits per heavy atom. The minimum Gasteiger partial charge on any atom is -0.305 e. The highest BCUT2D eigenvalue weighted by atomic mass is 32.2. The number of aryl methyl sites for hydroxylation is 2. The first kappa shape index (κ1) is 14.3.